The molecule has 1 aromatic heterocycles. The zero-order valence-electron chi connectivity index (χ0n) is 16.9. The van der Waals surface area contributed by atoms with Crippen molar-refractivity contribution in [3.63, 3.8) is 0 Å². The highest BCUT2D eigenvalue weighted by molar-refractivity contribution is 7.22. The number of nitrogens with one attached hydrogen (secondary N) is 1. The first-order valence-electron chi connectivity index (χ1n) is 9.44. The number of amides is 1. The number of carbonyl (C=O) groups is 1. The number of hydrogen-bond acceptors (Lipinski definition) is 5. The van der Waals surface area contributed by atoms with Crippen LogP contribution in [0.15, 0.2) is 66.7 Å². The van der Waals surface area contributed by atoms with E-state index in [9.17, 15) is 4.79 Å². The molecule has 5 nitrogen and oxygen atoms in total. The number of ether oxygens (including phenoxy) is 2. The topological polar surface area (TPSA) is 60.5 Å². The molecule has 0 saturated carbocycles. The number of carbonyl (C=O) groups excluding carboxylic acids is 1. The number of benzene rings is 3. The number of thiazole rings is 1. The van der Waals surface area contributed by atoms with Crippen LogP contribution in [0.25, 0.3) is 21.9 Å². The molecule has 0 fully saturated rings. The van der Waals surface area contributed by atoms with Gasteiger partial charge in [-0.2, -0.15) is 0 Å². The number of methoxy groups -OCH3 is 2. The van der Waals surface area contributed by atoms with E-state index >= 15 is 0 Å². The first-order valence-corrected chi connectivity index (χ1v) is 10.6. The van der Waals surface area contributed by atoms with Gasteiger partial charge < -0.3 is 9.47 Å². The smallest absolute Gasteiger partial charge is 0.258 e. The number of nitrogens with zero attached hydrogens (tertiary/aromatic N) is 1. The Bertz CT molecular complexity index is 1270. The lowest BCUT2D eigenvalue weighted by Gasteiger charge is -2.10. The zero-order valence-corrected chi connectivity index (χ0v) is 18.5. The molecule has 0 radical (unpaired) electrons. The van der Waals surface area contributed by atoms with Crippen LogP contribution in [0.4, 0.5) is 5.13 Å². The van der Waals surface area contributed by atoms with Gasteiger partial charge in [0.05, 0.1) is 24.4 Å². The number of fused-ring (bicyclic) bond motifs is 1. The molecule has 0 spiro atoms. The molecule has 31 heavy (non-hydrogen) atoms. The van der Waals surface area contributed by atoms with E-state index in [2.05, 4.69) is 10.3 Å². The van der Waals surface area contributed by atoms with Crippen LogP contribution in [0.3, 0.4) is 0 Å². The SMILES string of the molecule is COc1ccc(/C=C(/C(=O)Nc2nc3ccc(Cl)cc3s2)c2ccccc2)cc1OC. The Morgan fingerprint density at radius 1 is 1.00 bits per heavy atom. The summed E-state index contributed by atoms with van der Waals surface area (Å²) >= 11 is 7.44. The summed E-state index contributed by atoms with van der Waals surface area (Å²) in [6, 6.07) is 20.4. The number of hydrogen-bond donors (Lipinski definition) is 1. The van der Waals surface area contributed by atoms with Crippen LogP contribution in [0, 0.1) is 0 Å². The van der Waals surface area contributed by atoms with Gasteiger partial charge in [-0.15, -0.1) is 0 Å². The van der Waals surface area contributed by atoms with Crippen molar-refractivity contribution in [2.45, 2.75) is 0 Å². The summed E-state index contributed by atoms with van der Waals surface area (Å²) in [5.74, 6) is 0.955. The van der Waals surface area contributed by atoms with Crippen LogP contribution in [0.1, 0.15) is 11.1 Å². The van der Waals surface area contributed by atoms with E-state index in [4.69, 9.17) is 21.1 Å². The molecular formula is C24H19ClN2O3S. The highest BCUT2D eigenvalue weighted by Gasteiger charge is 2.15. The molecule has 3 aromatic carbocycles. The van der Waals surface area contributed by atoms with Crippen molar-refractivity contribution in [1.29, 1.82) is 0 Å². The molecule has 0 aliphatic rings. The maximum absolute atomic E-state index is 13.2. The Hall–Kier alpha value is -3.35. The third kappa shape index (κ3) is 4.71. The largest absolute Gasteiger partial charge is 0.493 e. The fourth-order valence-electron chi connectivity index (χ4n) is 3.12. The monoisotopic (exact) mass is 450 g/mol. The third-order valence-corrected chi connectivity index (χ3v) is 5.79. The van der Waals surface area contributed by atoms with Crippen molar-refractivity contribution in [3.05, 3.63) is 82.9 Å². The quantitative estimate of drug-likeness (QED) is 0.283. The molecule has 0 unspecified atom stereocenters. The van der Waals surface area contributed by atoms with Gasteiger partial charge in [-0.1, -0.05) is 59.3 Å². The minimum atomic E-state index is -0.258. The minimum absolute atomic E-state index is 0.258. The van der Waals surface area contributed by atoms with Crippen LogP contribution >= 0.6 is 22.9 Å². The summed E-state index contributed by atoms with van der Waals surface area (Å²) in [6.45, 7) is 0. The van der Waals surface area contributed by atoms with Crippen LogP contribution in [-0.2, 0) is 4.79 Å². The summed E-state index contributed by atoms with van der Waals surface area (Å²) in [7, 11) is 3.16. The van der Waals surface area contributed by atoms with Crippen molar-refractivity contribution in [2.75, 3.05) is 19.5 Å². The van der Waals surface area contributed by atoms with Gasteiger partial charge in [0.2, 0.25) is 0 Å². The van der Waals surface area contributed by atoms with Gasteiger partial charge in [-0.25, -0.2) is 4.98 Å². The predicted octanol–water partition coefficient (Wildman–Crippen LogP) is 6.15. The number of anilines is 1. The summed E-state index contributed by atoms with van der Waals surface area (Å²) in [4.78, 5) is 17.7. The van der Waals surface area contributed by atoms with E-state index in [1.165, 1.54) is 11.3 Å². The molecule has 0 atom stereocenters. The van der Waals surface area contributed by atoms with Gasteiger partial charge in [0, 0.05) is 10.6 Å². The Balaban J connectivity index is 1.70. The molecule has 1 heterocycles. The molecule has 1 amide bonds. The van der Waals surface area contributed by atoms with Crippen molar-refractivity contribution < 1.29 is 14.3 Å². The highest BCUT2D eigenvalue weighted by atomic mass is 35.5. The van der Waals surface area contributed by atoms with Crippen molar-refractivity contribution in [3.8, 4) is 11.5 Å². The molecule has 1 N–H and O–H groups in total. The Kier molecular flexibility index (Phi) is 6.21. The first-order chi connectivity index (χ1) is 15.1. The Morgan fingerprint density at radius 3 is 2.52 bits per heavy atom. The standard InChI is InChI=1S/C24H19ClN2O3S/c1-29-20-11-8-15(13-21(20)30-2)12-18(16-6-4-3-5-7-16)23(28)27-24-26-19-10-9-17(25)14-22(19)31-24/h3-14H,1-2H3,(H,26,27,28)/b18-12+. The second-order valence-corrected chi connectivity index (χ2v) is 8.09. The summed E-state index contributed by atoms with van der Waals surface area (Å²) in [5, 5.41) is 4.06. The highest BCUT2D eigenvalue weighted by Crippen LogP contribution is 2.31. The third-order valence-electron chi connectivity index (χ3n) is 4.62. The van der Waals surface area contributed by atoms with E-state index in [0.29, 0.717) is 27.2 Å². The average molecular weight is 451 g/mol. The number of rotatable bonds is 6. The van der Waals surface area contributed by atoms with Gasteiger partial charge in [-0.05, 0) is 47.5 Å². The van der Waals surface area contributed by atoms with Crippen molar-refractivity contribution >= 4 is 55.8 Å². The van der Waals surface area contributed by atoms with E-state index < -0.39 is 0 Å². The normalized spacial score (nSPS) is 11.4. The lowest BCUT2D eigenvalue weighted by atomic mass is 10.0. The van der Waals surface area contributed by atoms with Crippen molar-refractivity contribution in [1.82, 2.24) is 4.98 Å². The van der Waals surface area contributed by atoms with E-state index in [0.717, 1.165) is 21.3 Å². The number of halogens is 1. The van der Waals surface area contributed by atoms with Crippen LogP contribution in [0.2, 0.25) is 5.02 Å². The van der Waals surface area contributed by atoms with Gasteiger partial charge in [-0.3, -0.25) is 10.1 Å². The fraction of sp³-hybridized carbons (Fsp3) is 0.0833. The van der Waals surface area contributed by atoms with Gasteiger partial charge in [0.1, 0.15) is 0 Å². The molecule has 4 aromatic rings. The van der Waals surface area contributed by atoms with Gasteiger partial charge >= 0.3 is 0 Å². The predicted molar refractivity (Wildman–Crippen MR) is 127 cm³/mol. The second kappa shape index (κ2) is 9.20. The van der Waals surface area contributed by atoms with Crippen molar-refractivity contribution in [2.24, 2.45) is 0 Å². The molecule has 0 saturated heterocycles. The molecule has 7 heteroatoms. The molecule has 0 aliphatic carbocycles. The molecule has 0 bridgehead atoms. The van der Waals surface area contributed by atoms with Crippen LogP contribution in [0.5, 0.6) is 11.5 Å². The second-order valence-electron chi connectivity index (χ2n) is 6.62. The molecule has 156 valence electrons. The van der Waals surface area contributed by atoms with E-state index in [-0.39, 0.29) is 5.91 Å². The lowest BCUT2D eigenvalue weighted by molar-refractivity contribution is -0.111. The Labute approximate surface area is 188 Å². The molecular weight excluding hydrogens is 432 g/mol. The summed E-state index contributed by atoms with van der Waals surface area (Å²) < 4.78 is 11.6. The van der Waals surface area contributed by atoms with E-state index in [1.54, 1.807) is 20.3 Å². The van der Waals surface area contributed by atoms with Crippen LogP contribution < -0.4 is 14.8 Å². The fourth-order valence-corrected chi connectivity index (χ4v) is 4.26. The van der Waals surface area contributed by atoms with Crippen LogP contribution in [-0.4, -0.2) is 25.1 Å². The maximum atomic E-state index is 13.2. The molecule has 0 aliphatic heterocycles. The zero-order chi connectivity index (χ0) is 21.8. The molecule has 4 rings (SSSR count). The summed E-state index contributed by atoms with van der Waals surface area (Å²) in [5.41, 5.74) is 2.89. The average Bonchev–Trinajstić information content (AvgIpc) is 3.18. The summed E-state index contributed by atoms with van der Waals surface area (Å²) in [6.07, 6.45) is 1.82. The minimum Gasteiger partial charge on any atom is -0.493 e. The first kappa shape index (κ1) is 20.9. The number of aromatic nitrogens is 1. The van der Waals surface area contributed by atoms with E-state index in [1.807, 2.05) is 66.7 Å². The Morgan fingerprint density at radius 2 is 1.77 bits per heavy atom. The van der Waals surface area contributed by atoms with Gasteiger partial charge in [0.25, 0.3) is 5.91 Å². The lowest BCUT2D eigenvalue weighted by Crippen LogP contribution is -2.13. The maximum Gasteiger partial charge on any atom is 0.258 e. The van der Waals surface area contributed by atoms with Gasteiger partial charge in [0.15, 0.2) is 16.6 Å².